The number of hydrogen-bond acceptors (Lipinski definition) is 1. The fourth-order valence-corrected chi connectivity index (χ4v) is 0.424. The quantitative estimate of drug-likeness (QED) is 0.697. The number of hydrogen-bond donors (Lipinski definition) is 1. The topological polar surface area (TPSA) is 26.0 Å². The molecular weight excluding hydrogens is 177 g/mol. The summed E-state index contributed by atoms with van der Waals surface area (Å²) < 4.78 is 0. The zero-order valence-electron chi connectivity index (χ0n) is 3.93. The largest absolute Gasteiger partial charge is 0.330 e. The van der Waals surface area contributed by atoms with E-state index in [4.69, 9.17) is 5.73 Å². The first-order valence-electron chi connectivity index (χ1n) is 1.87. The van der Waals surface area contributed by atoms with Crippen LogP contribution in [0.2, 0.25) is 0 Å². The highest BCUT2D eigenvalue weighted by molar-refractivity contribution is 9.11. The van der Waals surface area contributed by atoms with E-state index in [0.29, 0.717) is 0 Å². The second kappa shape index (κ2) is 9.69. The van der Waals surface area contributed by atoms with Gasteiger partial charge in [-0.1, -0.05) is 22.0 Å². The van der Waals surface area contributed by atoms with Gasteiger partial charge in [-0.2, -0.15) is 0 Å². The van der Waals surface area contributed by atoms with Gasteiger partial charge in [-0.05, 0) is 18.0 Å². The van der Waals surface area contributed by atoms with Gasteiger partial charge >= 0.3 is 0 Å². The Labute approximate surface area is 58.5 Å². The third-order valence-corrected chi connectivity index (χ3v) is 0.796. The Bertz CT molecular complexity index is 47.0. The van der Waals surface area contributed by atoms with E-state index in [1.807, 2.05) is 11.1 Å². The van der Waals surface area contributed by atoms with Crippen LogP contribution in [0.3, 0.4) is 0 Å². The first-order chi connectivity index (χ1) is 2.91. The molecule has 0 aliphatic heterocycles. The van der Waals surface area contributed by atoms with Crippen LogP contribution in [-0.4, -0.2) is 6.54 Å². The van der Waals surface area contributed by atoms with Crippen LogP contribution in [0.1, 0.15) is 6.42 Å². The maximum Gasteiger partial charge on any atom is -0.00423 e. The highest BCUT2D eigenvalue weighted by Crippen LogP contribution is 1.83. The van der Waals surface area contributed by atoms with Crippen molar-refractivity contribution in [1.82, 2.24) is 0 Å². The van der Waals surface area contributed by atoms with Gasteiger partial charge in [0, 0.05) is 0 Å². The highest BCUT2D eigenvalue weighted by atomic mass is 79.9. The summed E-state index contributed by atoms with van der Waals surface area (Å²) in [5, 5.41) is 0. The summed E-state index contributed by atoms with van der Waals surface area (Å²) in [7, 11) is 0. The van der Waals surface area contributed by atoms with E-state index in [0.717, 1.165) is 13.0 Å². The van der Waals surface area contributed by atoms with E-state index in [1.54, 1.807) is 0 Å². The van der Waals surface area contributed by atoms with Gasteiger partial charge in [0.05, 0.1) is 0 Å². The van der Waals surface area contributed by atoms with Gasteiger partial charge in [0.15, 0.2) is 0 Å². The van der Waals surface area contributed by atoms with Crippen molar-refractivity contribution < 1.29 is 0 Å². The molecule has 0 fully saturated rings. The van der Waals surface area contributed by atoms with Crippen LogP contribution in [0.4, 0.5) is 0 Å². The predicted molar refractivity (Wildman–Crippen MR) is 39.0 cm³/mol. The van der Waals surface area contributed by atoms with E-state index < -0.39 is 0 Å². The molecule has 0 rings (SSSR count). The fourth-order valence-electron chi connectivity index (χ4n) is 0.159. The standard InChI is InChI=1S/C4H8BrN.ClH/c5-3-1-2-4-6;/h1,3H,2,4,6H2;1H. The maximum absolute atomic E-state index is 5.14. The summed E-state index contributed by atoms with van der Waals surface area (Å²) in [4.78, 5) is 1.82. The van der Waals surface area contributed by atoms with Crippen LogP contribution in [0.5, 0.6) is 0 Å². The Kier molecular flexibility index (Phi) is 14.5. The minimum absolute atomic E-state index is 0. The Morgan fingerprint density at radius 1 is 1.57 bits per heavy atom. The molecular formula is C4H9BrClN. The summed E-state index contributed by atoms with van der Waals surface area (Å²) in [5.41, 5.74) is 5.14. The van der Waals surface area contributed by atoms with Crippen LogP contribution in [0.25, 0.3) is 0 Å². The van der Waals surface area contributed by atoms with Gasteiger partial charge in [0.1, 0.15) is 0 Å². The zero-order valence-corrected chi connectivity index (χ0v) is 6.33. The van der Waals surface area contributed by atoms with E-state index in [9.17, 15) is 0 Å². The first kappa shape index (κ1) is 10.5. The molecule has 2 N–H and O–H groups in total. The van der Waals surface area contributed by atoms with E-state index in [1.165, 1.54) is 0 Å². The molecule has 0 aliphatic carbocycles. The van der Waals surface area contributed by atoms with Crippen molar-refractivity contribution in [1.29, 1.82) is 0 Å². The van der Waals surface area contributed by atoms with Crippen LogP contribution in [0.15, 0.2) is 11.1 Å². The summed E-state index contributed by atoms with van der Waals surface area (Å²) >= 11 is 3.11. The Morgan fingerprint density at radius 2 is 2.14 bits per heavy atom. The lowest BCUT2D eigenvalue weighted by Crippen LogP contribution is -1.94. The van der Waals surface area contributed by atoms with Gasteiger partial charge in [0.25, 0.3) is 0 Å². The molecule has 0 bridgehead atoms. The second-order valence-electron chi connectivity index (χ2n) is 0.939. The Balaban J connectivity index is 0. The van der Waals surface area contributed by atoms with Gasteiger partial charge in [-0.15, -0.1) is 12.4 Å². The molecule has 0 unspecified atom stereocenters. The van der Waals surface area contributed by atoms with Gasteiger partial charge in [-0.25, -0.2) is 0 Å². The number of rotatable bonds is 2. The van der Waals surface area contributed by atoms with Crippen molar-refractivity contribution >= 4 is 28.3 Å². The average molecular weight is 186 g/mol. The minimum atomic E-state index is 0. The molecule has 1 nitrogen and oxygen atoms in total. The molecule has 0 saturated carbocycles. The van der Waals surface area contributed by atoms with Gasteiger partial charge < -0.3 is 5.73 Å². The van der Waals surface area contributed by atoms with E-state index >= 15 is 0 Å². The molecule has 0 saturated heterocycles. The molecule has 0 aliphatic rings. The summed E-state index contributed by atoms with van der Waals surface area (Å²) in [5.74, 6) is 0. The Morgan fingerprint density at radius 3 is 2.29 bits per heavy atom. The third-order valence-electron chi connectivity index (χ3n) is 0.422. The third kappa shape index (κ3) is 10.7. The summed E-state index contributed by atoms with van der Waals surface area (Å²) in [6.45, 7) is 0.738. The molecule has 7 heavy (non-hydrogen) atoms. The van der Waals surface area contributed by atoms with Crippen LogP contribution in [0, 0.1) is 0 Å². The smallest absolute Gasteiger partial charge is 0.00423 e. The number of halogens is 2. The van der Waals surface area contributed by atoms with E-state index in [2.05, 4.69) is 15.9 Å². The van der Waals surface area contributed by atoms with Crippen LogP contribution in [-0.2, 0) is 0 Å². The van der Waals surface area contributed by atoms with Crippen LogP contribution < -0.4 is 5.73 Å². The highest BCUT2D eigenvalue weighted by Gasteiger charge is 1.65. The minimum Gasteiger partial charge on any atom is -0.330 e. The van der Waals surface area contributed by atoms with E-state index in [-0.39, 0.29) is 12.4 Å². The molecule has 0 spiro atoms. The molecule has 0 radical (unpaired) electrons. The lowest BCUT2D eigenvalue weighted by atomic mass is 10.4. The van der Waals surface area contributed by atoms with Crippen molar-refractivity contribution in [3.63, 3.8) is 0 Å². The molecule has 0 aromatic carbocycles. The number of nitrogens with two attached hydrogens (primary N) is 1. The molecule has 0 atom stereocenters. The predicted octanol–water partition coefficient (Wildman–Crippen LogP) is 1.67. The van der Waals surface area contributed by atoms with Crippen molar-refractivity contribution in [2.24, 2.45) is 5.73 Å². The van der Waals surface area contributed by atoms with Crippen molar-refractivity contribution in [3.8, 4) is 0 Å². The van der Waals surface area contributed by atoms with Crippen molar-refractivity contribution in [2.75, 3.05) is 6.54 Å². The second-order valence-corrected chi connectivity index (χ2v) is 1.47. The zero-order chi connectivity index (χ0) is 4.83. The van der Waals surface area contributed by atoms with Crippen molar-refractivity contribution in [3.05, 3.63) is 11.1 Å². The summed E-state index contributed by atoms with van der Waals surface area (Å²) in [6, 6.07) is 0. The monoisotopic (exact) mass is 185 g/mol. The molecule has 0 amide bonds. The van der Waals surface area contributed by atoms with Gasteiger partial charge in [-0.3, -0.25) is 0 Å². The van der Waals surface area contributed by atoms with Crippen LogP contribution >= 0.6 is 28.3 Å². The Hall–Kier alpha value is 0.470. The van der Waals surface area contributed by atoms with Gasteiger partial charge in [0.2, 0.25) is 0 Å². The fraction of sp³-hybridized carbons (Fsp3) is 0.500. The molecule has 44 valence electrons. The normalized spacial score (nSPS) is 8.86. The molecule has 0 aromatic rings. The SMILES string of the molecule is Cl.NCCC=CBr. The molecule has 3 heteroatoms. The maximum atomic E-state index is 5.14. The lowest BCUT2D eigenvalue weighted by Gasteiger charge is -1.76. The molecule has 0 heterocycles. The first-order valence-corrected chi connectivity index (χ1v) is 2.78. The molecule has 0 aromatic heterocycles. The summed E-state index contributed by atoms with van der Waals surface area (Å²) in [6.07, 6.45) is 2.94. The van der Waals surface area contributed by atoms with Crippen molar-refractivity contribution in [2.45, 2.75) is 6.42 Å². The lowest BCUT2D eigenvalue weighted by molar-refractivity contribution is 1.01. The average Bonchev–Trinajstić information content (AvgIpc) is 1.61.